The first kappa shape index (κ1) is 14.0. The molecule has 0 spiro atoms. The summed E-state index contributed by atoms with van der Waals surface area (Å²) in [6.45, 7) is 7.34. The van der Waals surface area contributed by atoms with Gasteiger partial charge < -0.3 is 5.11 Å². The minimum atomic E-state index is 0.365. The Hall–Kier alpha value is -0.0400. The number of aliphatic hydroxyl groups is 1. The van der Waals surface area contributed by atoms with E-state index >= 15 is 0 Å². The maximum Gasteiger partial charge on any atom is 0.0431 e. The molecule has 0 fully saturated rings. The first-order chi connectivity index (χ1) is 6.66. The Kier molecular flexibility index (Phi) is 9.49. The van der Waals surface area contributed by atoms with Crippen LogP contribution in [0.2, 0.25) is 0 Å². The van der Waals surface area contributed by atoms with Crippen LogP contribution in [0.25, 0.3) is 0 Å². The SMILES string of the molecule is CC(C)CC(C)CCCCCCCO. The molecule has 1 N–H and O–H groups in total. The molecule has 0 amide bonds. The quantitative estimate of drug-likeness (QED) is 0.558. The molecule has 1 nitrogen and oxygen atoms in total. The van der Waals surface area contributed by atoms with Crippen molar-refractivity contribution in [1.82, 2.24) is 0 Å². The molecule has 0 aromatic carbocycles. The van der Waals surface area contributed by atoms with Gasteiger partial charge in [0, 0.05) is 6.61 Å². The standard InChI is InChI=1S/C13H28O/c1-12(2)11-13(3)9-7-5-4-6-8-10-14/h12-14H,4-11H2,1-3H3. The van der Waals surface area contributed by atoms with Gasteiger partial charge in [0.2, 0.25) is 0 Å². The Balaban J connectivity index is 3.10. The van der Waals surface area contributed by atoms with Crippen LogP contribution in [0.3, 0.4) is 0 Å². The van der Waals surface area contributed by atoms with Crippen molar-refractivity contribution in [2.45, 2.75) is 65.7 Å². The predicted octanol–water partition coefficient (Wildman–Crippen LogP) is 4.00. The Bertz CT molecular complexity index is 110. The molecule has 0 aliphatic carbocycles. The zero-order chi connectivity index (χ0) is 10.8. The summed E-state index contributed by atoms with van der Waals surface area (Å²) < 4.78 is 0. The fourth-order valence-electron chi connectivity index (χ4n) is 2.06. The van der Waals surface area contributed by atoms with Crippen LogP contribution in [0, 0.1) is 11.8 Å². The molecular weight excluding hydrogens is 172 g/mol. The molecule has 0 aliphatic heterocycles. The molecule has 0 saturated heterocycles. The molecule has 0 saturated carbocycles. The summed E-state index contributed by atoms with van der Waals surface area (Å²) in [7, 11) is 0. The third-order valence-corrected chi connectivity index (χ3v) is 2.73. The van der Waals surface area contributed by atoms with E-state index in [-0.39, 0.29) is 0 Å². The summed E-state index contributed by atoms with van der Waals surface area (Å²) in [4.78, 5) is 0. The van der Waals surface area contributed by atoms with E-state index in [9.17, 15) is 0 Å². The molecule has 0 aliphatic rings. The highest BCUT2D eigenvalue weighted by atomic mass is 16.2. The maximum absolute atomic E-state index is 8.61. The number of aliphatic hydroxyl groups excluding tert-OH is 1. The van der Waals surface area contributed by atoms with Gasteiger partial charge in [-0.3, -0.25) is 0 Å². The molecule has 0 aromatic rings. The number of rotatable bonds is 9. The van der Waals surface area contributed by atoms with E-state index in [0.717, 1.165) is 18.3 Å². The molecule has 0 bridgehead atoms. The predicted molar refractivity (Wildman–Crippen MR) is 63.4 cm³/mol. The summed E-state index contributed by atoms with van der Waals surface area (Å²) in [5.41, 5.74) is 0. The molecule has 1 heteroatoms. The lowest BCUT2D eigenvalue weighted by atomic mass is 9.93. The van der Waals surface area contributed by atoms with E-state index in [1.54, 1.807) is 0 Å². The zero-order valence-corrected chi connectivity index (χ0v) is 10.3. The second kappa shape index (κ2) is 9.51. The van der Waals surface area contributed by atoms with E-state index in [2.05, 4.69) is 20.8 Å². The second-order valence-corrected chi connectivity index (χ2v) is 5.01. The van der Waals surface area contributed by atoms with Crippen molar-refractivity contribution in [2.75, 3.05) is 6.61 Å². The highest BCUT2D eigenvalue weighted by Gasteiger charge is 2.04. The number of hydrogen-bond donors (Lipinski definition) is 1. The van der Waals surface area contributed by atoms with Gasteiger partial charge in [-0.15, -0.1) is 0 Å². The van der Waals surface area contributed by atoms with Crippen LogP contribution in [-0.2, 0) is 0 Å². The Morgan fingerprint density at radius 2 is 1.43 bits per heavy atom. The molecular formula is C13H28O. The van der Waals surface area contributed by atoms with Gasteiger partial charge >= 0.3 is 0 Å². The van der Waals surface area contributed by atoms with E-state index < -0.39 is 0 Å². The van der Waals surface area contributed by atoms with Gasteiger partial charge in [0.25, 0.3) is 0 Å². The fraction of sp³-hybridized carbons (Fsp3) is 1.00. The first-order valence-corrected chi connectivity index (χ1v) is 6.27. The Labute approximate surface area is 89.9 Å². The monoisotopic (exact) mass is 200 g/mol. The lowest BCUT2D eigenvalue weighted by molar-refractivity contribution is 0.282. The molecule has 0 rings (SSSR count). The van der Waals surface area contributed by atoms with Crippen molar-refractivity contribution >= 4 is 0 Å². The van der Waals surface area contributed by atoms with Crippen LogP contribution in [0.1, 0.15) is 65.7 Å². The average Bonchev–Trinajstić information content (AvgIpc) is 2.10. The largest absolute Gasteiger partial charge is 0.396 e. The molecule has 1 atom stereocenters. The molecule has 0 heterocycles. The van der Waals surface area contributed by atoms with Gasteiger partial charge in [0.1, 0.15) is 0 Å². The minimum absolute atomic E-state index is 0.365. The highest BCUT2D eigenvalue weighted by molar-refractivity contribution is 4.56. The molecule has 0 radical (unpaired) electrons. The van der Waals surface area contributed by atoms with Gasteiger partial charge in [0.15, 0.2) is 0 Å². The lowest BCUT2D eigenvalue weighted by Crippen LogP contribution is -1.99. The highest BCUT2D eigenvalue weighted by Crippen LogP contribution is 2.18. The Morgan fingerprint density at radius 3 is 2.00 bits per heavy atom. The second-order valence-electron chi connectivity index (χ2n) is 5.01. The van der Waals surface area contributed by atoms with Gasteiger partial charge in [-0.25, -0.2) is 0 Å². The number of unbranched alkanes of at least 4 members (excludes halogenated alkanes) is 4. The van der Waals surface area contributed by atoms with E-state index in [4.69, 9.17) is 5.11 Å². The fourth-order valence-corrected chi connectivity index (χ4v) is 2.06. The van der Waals surface area contributed by atoms with E-state index in [1.165, 1.54) is 38.5 Å². The van der Waals surface area contributed by atoms with Crippen molar-refractivity contribution in [3.05, 3.63) is 0 Å². The van der Waals surface area contributed by atoms with Crippen molar-refractivity contribution in [3.63, 3.8) is 0 Å². The molecule has 86 valence electrons. The van der Waals surface area contributed by atoms with Crippen LogP contribution in [0.5, 0.6) is 0 Å². The smallest absolute Gasteiger partial charge is 0.0431 e. The molecule has 0 aromatic heterocycles. The van der Waals surface area contributed by atoms with Crippen LogP contribution in [0.4, 0.5) is 0 Å². The molecule has 14 heavy (non-hydrogen) atoms. The van der Waals surface area contributed by atoms with Crippen molar-refractivity contribution < 1.29 is 5.11 Å². The first-order valence-electron chi connectivity index (χ1n) is 6.27. The van der Waals surface area contributed by atoms with Gasteiger partial charge in [-0.2, -0.15) is 0 Å². The van der Waals surface area contributed by atoms with Crippen molar-refractivity contribution in [2.24, 2.45) is 11.8 Å². The summed E-state index contributed by atoms with van der Waals surface area (Å²) in [5, 5.41) is 8.61. The van der Waals surface area contributed by atoms with Crippen molar-refractivity contribution in [3.8, 4) is 0 Å². The minimum Gasteiger partial charge on any atom is -0.396 e. The normalized spacial score (nSPS) is 13.5. The summed E-state index contributed by atoms with van der Waals surface area (Å²) >= 11 is 0. The van der Waals surface area contributed by atoms with Crippen molar-refractivity contribution in [1.29, 1.82) is 0 Å². The topological polar surface area (TPSA) is 20.2 Å². The Morgan fingerprint density at radius 1 is 0.857 bits per heavy atom. The summed E-state index contributed by atoms with van der Waals surface area (Å²) in [5.74, 6) is 1.74. The lowest BCUT2D eigenvalue weighted by Gasteiger charge is -2.13. The van der Waals surface area contributed by atoms with E-state index in [1.807, 2.05) is 0 Å². The third kappa shape index (κ3) is 10.0. The van der Waals surface area contributed by atoms with Gasteiger partial charge in [-0.05, 0) is 24.7 Å². The van der Waals surface area contributed by atoms with Crippen LogP contribution in [-0.4, -0.2) is 11.7 Å². The maximum atomic E-state index is 8.61. The van der Waals surface area contributed by atoms with E-state index in [0.29, 0.717) is 6.61 Å². The van der Waals surface area contributed by atoms with Crippen LogP contribution >= 0.6 is 0 Å². The summed E-state index contributed by atoms with van der Waals surface area (Å²) in [6, 6.07) is 0. The number of hydrogen-bond acceptors (Lipinski definition) is 1. The molecule has 1 unspecified atom stereocenters. The average molecular weight is 200 g/mol. The van der Waals surface area contributed by atoms with Gasteiger partial charge in [0.05, 0.1) is 0 Å². The van der Waals surface area contributed by atoms with Gasteiger partial charge in [-0.1, -0.05) is 52.9 Å². The zero-order valence-electron chi connectivity index (χ0n) is 10.3. The summed E-state index contributed by atoms with van der Waals surface area (Å²) in [6.07, 6.45) is 8.97. The van der Waals surface area contributed by atoms with Crippen LogP contribution < -0.4 is 0 Å². The third-order valence-electron chi connectivity index (χ3n) is 2.73. The van der Waals surface area contributed by atoms with Crippen LogP contribution in [0.15, 0.2) is 0 Å².